The highest BCUT2D eigenvalue weighted by atomic mass is 19.1. The molecule has 1 N–H and O–H groups in total. The van der Waals surface area contributed by atoms with Gasteiger partial charge in [0.15, 0.2) is 0 Å². The zero-order chi connectivity index (χ0) is 19.7. The Morgan fingerprint density at radius 3 is 2.61 bits per heavy atom. The molecule has 0 bridgehead atoms. The second kappa shape index (κ2) is 7.25. The van der Waals surface area contributed by atoms with E-state index >= 15 is 0 Å². The molecule has 5 nitrogen and oxygen atoms in total. The van der Waals surface area contributed by atoms with Crippen LogP contribution in [0.1, 0.15) is 16.7 Å². The number of aromatic nitrogens is 3. The molecule has 0 amide bonds. The Kier molecular flexibility index (Phi) is 4.63. The van der Waals surface area contributed by atoms with Gasteiger partial charge in [-0.3, -0.25) is 4.79 Å². The highest BCUT2D eigenvalue weighted by Gasteiger charge is 2.18. The molecule has 0 atom stereocenters. The van der Waals surface area contributed by atoms with Gasteiger partial charge in [0.1, 0.15) is 11.3 Å². The van der Waals surface area contributed by atoms with E-state index in [0.29, 0.717) is 23.4 Å². The average Bonchev–Trinajstić information content (AvgIpc) is 3.10. The highest BCUT2D eigenvalue weighted by Crippen LogP contribution is 2.25. The van der Waals surface area contributed by atoms with Gasteiger partial charge in [-0.1, -0.05) is 49.1 Å². The van der Waals surface area contributed by atoms with Gasteiger partial charge < -0.3 is 9.67 Å². The summed E-state index contributed by atoms with van der Waals surface area (Å²) in [6.07, 6.45) is 5.08. The summed E-state index contributed by atoms with van der Waals surface area (Å²) in [5.74, 6) is -0.404. The van der Waals surface area contributed by atoms with E-state index in [1.165, 1.54) is 16.6 Å². The van der Waals surface area contributed by atoms with Crippen molar-refractivity contribution in [3.63, 3.8) is 0 Å². The summed E-state index contributed by atoms with van der Waals surface area (Å²) < 4.78 is 16.6. The number of hydrogen-bond acceptors (Lipinski definition) is 3. The molecule has 0 aliphatic heterocycles. The van der Waals surface area contributed by atoms with Crippen molar-refractivity contribution in [3.8, 4) is 11.3 Å². The van der Waals surface area contributed by atoms with E-state index in [1.54, 1.807) is 35.2 Å². The van der Waals surface area contributed by atoms with Gasteiger partial charge in [0.2, 0.25) is 0 Å². The number of hydrogen-bond donors (Lipinski definition) is 1. The fraction of sp³-hybridized carbons (Fsp3) is 0.0909. The second-order valence-corrected chi connectivity index (χ2v) is 6.47. The Balaban J connectivity index is 1.82. The molecular weight excluding hydrogens is 357 g/mol. The normalized spacial score (nSPS) is 11.1. The van der Waals surface area contributed by atoms with Crippen LogP contribution in [0.15, 0.2) is 72.3 Å². The monoisotopic (exact) mass is 375 g/mol. The van der Waals surface area contributed by atoms with Crippen LogP contribution in [0.5, 0.6) is 0 Å². The van der Waals surface area contributed by atoms with E-state index in [0.717, 1.165) is 11.1 Å². The smallest absolute Gasteiger partial charge is 0.277 e. The number of benzene rings is 2. The summed E-state index contributed by atoms with van der Waals surface area (Å²) in [6.45, 7) is 3.75. The molecule has 0 spiro atoms. The maximum atomic E-state index is 13.6. The summed E-state index contributed by atoms with van der Waals surface area (Å²) in [5, 5.41) is 14.3. The average molecular weight is 375 g/mol. The molecule has 140 valence electrons. The quantitative estimate of drug-likeness (QED) is 0.581. The van der Waals surface area contributed by atoms with Gasteiger partial charge in [-0.15, -0.1) is 0 Å². The molecule has 0 aliphatic rings. The van der Waals surface area contributed by atoms with Gasteiger partial charge >= 0.3 is 0 Å². The second-order valence-electron chi connectivity index (χ2n) is 6.47. The minimum absolute atomic E-state index is 0.269. The van der Waals surface area contributed by atoms with E-state index in [1.807, 2.05) is 24.3 Å². The largest absolute Gasteiger partial charge is 0.392 e. The SMILES string of the molecule is C=Cc1ccc(Cn2ccn3nc(-c4cccc(F)c4)c(CO)c3c2=O)cc1. The van der Waals surface area contributed by atoms with Crippen LogP contribution in [-0.4, -0.2) is 19.3 Å². The Hall–Kier alpha value is -3.51. The Labute approximate surface area is 160 Å². The molecule has 2 heterocycles. The lowest BCUT2D eigenvalue weighted by molar-refractivity contribution is 0.283. The van der Waals surface area contributed by atoms with E-state index in [2.05, 4.69) is 11.7 Å². The summed E-state index contributed by atoms with van der Waals surface area (Å²) >= 11 is 0. The first kappa shape index (κ1) is 17.9. The molecule has 4 aromatic rings. The molecule has 2 aromatic heterocycles. The first-order chi connectivity index (χ1) is 13.6. The standard InChI is InChI=1S/C22H18FN3O2/c1-2-15-6-8-16(9-7-15)13-25-10-11-26-21(22(25)28)19(14-27)20(24-26)17-4-3-5-18(23)12-17/h2-12,27H,1,13-14H2. The molecule has 6 heteroatoms. The van der Waals surface area contributed by atoms with Gasteiger partial charge in [-0.2, -0.15) is 5.10 Å². The number of aliphatic hydroxyl groups is 1. The van der Waals surface area contributed by atoms with Crippen LogP contribution in [0.4, 0.5) is 4.39 Å². The minimum Gasteiger partial charge on any atom is -0.392 e. The van der Waals surface area contributed by atoms with E-state index in [9.17, 15) is 14.3 Å². The molecule has 0 saturated carbocycles. The summed E-state index contributed by atoms with van der Waals surface area (Å²) in [6, 6.07) is 13.7. The topological polar surface area (TPSA) is 59.5 Å². The van der Waals surface area contributed by atoms with Crippen LogP contribution in [0, 0.1) is 5.82 Å². The first-order valence-electron chi connectivity index (χ1n) is 8.79. The van der Waals surface area contributed by atoms with Crippen LogP contribution in [0.3, 0.4) is 0 Å². The minimum atomic E-state index is -0.404. The molecule has 2 aromatic carbocycles. The number of nitrogens with zero attached hydrogens (tertiary/aromatic N) is 3. The number of fused-ring (bicyclic) bond motifs is 1. The van der Waals surface area contributed by atoms with Crippen LogP contribution >= 0.6 is 0 Å². The summed E-state index contributed by atoms with van der Waals surface area (Å²) in [5.41, 5.74) is 3.27. The van der Waals surface area contributed by atoms with Crippen molar-refractivity contribution >= 4 is 11.6 Å². The third-order valence-corrected chi connectivity index (χ3v) is 4.68. The van der Waals surface area contributed by atoms with Crippen molar-refractivity contribution in [2.24, 2.45) is 0 Å². The Morgan fingerprint density at radius 1 is 1.14 bits per heavy atom. The van der Waals surface area contributed by atoms with Crippen molar-refractivity contribution in [3.05, 3.63) is 100 Å². The lowest BCUT2D eigenvalue weighted by Gasteiger charge is -2.07. The molecular formula is C22H18FN3O2. The summed E-state index contributed by atoms with van der Waals surface area (Å²) in [4.78, 5) is 13.0. The number of rotatable bonds is 5. The van der Waals surface area contributed by atoms with Gasteiger partial charge in [0.05, 0.1) is 18.8 Å². The van der Waals surface area contributed by atoms with Crippen molar-refractivity contribution in [1.29, 1.82) is 0 Å². The lowest BCUT2D eigenvalue weighted by Crippen LogP contribution is -2.22. The van der Waals surface area contributed by atoms with Crippen LogP contribution in [0.25, 0.3) is 22.9 Å². The maximum absolute atomic E-state index is 13.6. The fourth-order valence-corrected chi connectivity index (χ4v) is 3.25. The number of halogens is 1. The van der Waals surface area contributed by atoms with E-state index in [4.69, 9.17) is 0 Å². The lowest BCUT2D eigenvalue weighted by atomic mass is 10.1. The summed E-state index contributed by atoms with van der Waals surface area (Å²) in [7, 11) is 0. The van der Waals surface area contributed by atoms with Crippen LogP contribution in [-0.2, 0) is 13.2 Å². The third-order valence-electron chi connectivity index (χ3n) is 4.68. The molecule has 4 rings (SSSR count). The van der Waals surface area contributed by atoms with Crippen molar-refractivity contribution < 1.29 is 9.50 Å². The number of aliphatic hydroxyl groups excluding tert-OH is 1. The molecule has 0 saturated heterocycles. The van der Waals surface area contributed by atoms with Gasteiger partial charge in [-0.05, 0) is 23.3 Å². The molecule has 0 fully saturated rings. The Morgan fingerprint density at radius 2 is 1.93 bits per heavy atom. The maximum Gasteiger partial charge on any atom is 0.277 e. The van der Waals surface area contributed by atoms with Crippen molar-refractivity contribution in [2.45, 2.75) is 13.2 Å². The zero-order valence-electron chi connectivity index (χ0n) is 15.0. The predicted octanol–water partition coefficient (Wildman–Crippen LogP) is 3.49. The van der Waals surface area contributed by atoms with Crippen LogP contribution in [0.2, 0.25) is 0 Å². The predicted molar refractivity (Wildman–Crippen MR) is 106 cm³/mol. The highest BCUT2D eigenvalue weighted by molar-refractivity contribution is 5.72. The molecule has 0 unspecified atom stereocenters. The van der Waals surface area contributed by atoms with Crippen LogP contribution < -0.4 is 5.56 Å². The van der Waals surface area contributed by atoms with E-state index in [-0.39, 0.29) is 17.7 Å². The van der Waals surface area contributed by atoms with Crippen molar-refractivity contribution in [2.75, 3.05) is 0 Å². The molecule has 28 heavy (non-hydrogen) atoms. The van der Waals surface area contributed by atoms with Gasteiger partial charge in [0.25, 0.3) is 5.56 Å². The zero-order valence-corrected chi connectivity index (χ0v) is 15.0. The van der Waals surface area contributed by atoms with Gasteiger partial charge in [0, 0.05) is 23.5 Å². The third kappa shape index (κ3) is 3.14. The fourth-order valence-electron chi connectivity index (χ4n) is 3.25. The molecule has 0 aliphatic carbocycles. The molecule has 0 radical (unpaired) electrons. The van der Waals surface area contributed by atoms with Gasteiger partial charge in [-0.25, -0.2) is 8.91 Å². The van der Waals surface area contributed by atoms with Crippen molar-refractivity contribution in [1.82, 2.24) is 14.2 Å². The first-order valence-corrected chi connectivity index (χ1v) is 8.79. The Bertz CT molecular complexity index is 1220. The van der Waals surface area contributed by atoms with E-state index < -0.39 is 5.82 Å².